The Balaban J connectivity index is 3.25. The molecule has 40 valence electrons. The fourth-order valence-corrected chi connectivity index (χ4v) is 0.163. The van der Waals surface area contributed by atoms with E-state index in [9.17, 15) is 8.78 Å². The van der Waals surface area contributed by atoms with Gasteiger partial charge in [-0.15, -0.1) is 0 Å². The van der Waals surface area contributed by atoms with Crippen molar-refractivity contribution in [1.82, 2.24) is 0 Å². The first-order valence-electron chi connectivity index (χ1n) is 1.84. The lowest BCUT2D eigenvalue weighted by atomic mass is 10.5. The molecule has 0 aromatic heterocycles. The molecule has 0 atom stereocenters. The average Bonchev–Trinajstić information content (AvgIpc) is 1.61. The Labute approximate surface area is 41.2 Å². The fourth-order valence-electron chi connectivity index (χ4n) is 0.163. The Hall–Kier alpha value is -0.660. The summed E-state index contributed by atoms with van der Waals surface area (Å²) in [5.74, 6) is 0. The van der Waals surface area contributed by atoms with E-state index in [1.54, 1.807) is 0 Å². The van der Waals surface area contributed by atoms with E-state index in [0.29, 0.717) is 0 Å². The van der Waals surface area contributed by atoms with Crippen molar-refractivity contribution in [2.24, 2.45) is 0 Å². The molecule has 0 saturated heterocycles. The molecule has 0 saturated carbocycles. The SMILES string of the molecule is C=CC=CC(F)F. The lowest BCUT2D eigenvalue weighted by Gasteiger charge is -1.79. The summed E-state index contributed by atoms with van der Waals surface area (Å²) in [6.07, 6.45) is 0.946. The van der Waals surface area contributed by atoms with Crippen LogP contribution in [-0.4, -0.2) is 6.43 Å². The van der Waals surface area contributed by atoms with Gasteiger partial charge >= 0.3 is 0 Å². The second-order valence-corrected chi connectivity index (χ2v) is 0.955. The minimum Gasteiger partial charge on any atom is -0.206 e. The van der Waals surface area contributed by atoms with Gasteiger partial charge in [-0.3, -0.25) is 0 Å². The summed E-state index contributed by atoms with van der Waals surface area (Å²) in [5, 5.41) is 0. The van der Waals surface area contributed by atoms with Crippen molar-refractivity contribution < 1.29 is 8.78 Å². The smallest absolute Gasteiger partial charge is 0.206 e. The normalized spacial score (nSPS) is 10.7. The van der Waals surface area contributed by atoms with Crippen molar-refractivity contribution in [2.75, 3.05) is 0 Å². The van der Waals surface area contributed by atoms with E-state index in [1.807, 2.05) is 0 Å². The topological polar surface area (TPSA) is 0 Å². The van der Waals surface area contributed by atoms with E-state index in [-0.39, 0.29) is 0 Å². The number of hydrogen-bond donors (Lipinski definition) is 0. The highest BCUT2D eigenvalue weighted by atomic mass is 19.3. The molecule has 0 nitrogen and oxygen atoms in total. The van der Waals surface area contributed by atoms with Gasteiger partial charge in [-0.2, -0.15) is 0 Å². The van der Waals surface area contributed by atoms with Crippen LogP contribution in [0, 0.1) is 0 Å². The van der Waals surface area contributed by atoms with E-state index in [2.05, 4.69) is 6.58 Å². The Morgan fingerprint density at radius 1 is 1.43 bits per heavy atom. The van der Waals surface area contributed by atoms with Crippen molar-refractivity contribution >= 4 is 0 Å². The van der Waals surface area contributed by atoms with Gasteiger partial charge in [0.05, 0.1) is 0 Å². The first-order valence-corrected chi connectivity index (χ1v) is 1.84. The molecule has 0 bridgehead atoms. The third-order valence-corrected chi connectivity index (χ3v) is 0.393. The highest BCUT2D eigenvalue weighted by Crippen LogP contribution is 1.91. The largest absolute Gasteiger partial charge is 0.257 e. The third-order valence-electron chi connectivity index (χ3n) is 0.393. The minimum atomic E-state index is -2.35. The quantitative estimate of drug-likeness (QED) is 0.470. The monoisotopic (exact) mass is 104 g/mol. The summed E-state index contributed by atoms with van der Waals surface area (Å²) in [6, 6.07) is 0. The summed E-state index contributed by atoms with van der Waals surface area (Å²) in [7, 11) is 0. The zero-order valence-electron chi connectivity index (χ0n) is 3.77. The van der Waals surface area contributed by atoms with Crippen molar-refractivity contribution in [3.8, 4) is 0 Å². The van der Waals surface area contributed by atoms with Gasteiger partial charge < -0.3 is 0 Å². The van der Waals surface area contributed by atoms with Crippen LogP contribution in [0.3, 0.4) is 0 Å². The highest BCUT2D eigenvalue weighted by molar-refractivity contribution is 4.98. The number of rotatable bonds is 2. The number of allylic oxidation sites excluding steroid dienone is 3. The summed E-state index contributed by atoms with van der Waals surface area (Å²) in [6.45, 7) is 3.21. The average molecular weight is 104 g/mol. The van der Waals surface area contributed by atoms with Crippen LogP contribution in [0.15, 0.2) is 24.8 Å². The van der Waals surface area contributed by atoms with Gasteiger partial charge in [0.15, 0.2) is 0 Å². The number of halogens is 2. The van der Waals surface area contributed by atoms with E-state index in [1.165, 1.54) is 12.2 Å². The highest BCUT2D eigenvalue weighted by Gasteiger charge is 1.88. The van der Waals surface area contributed by atoms with Gasteiger partial charge in [0.25, 0.3) is 6.43 Å². The van der Waals surface area contributed by atoms with Gasteiger partial charge in [0.2, 0.25) is 0 Å². The Bertz CT molecular complexity index is 74.1. The lowest BCUT2D eigenvalue weighted by Crippen LogP contribution is -1.77. The molecule has 0 unspecified atom stereocenters. The van der Waals surface area contributed by atoms with E-state index >= 15 is 0 Å². The van der Waals surface area contributed by atoms with Gasteiger partial charge in [-0.25, -0.2) is 8.78 Å². The predicted octanol–water partition coefficient (Wildman–Crippen LogP) is 1.99. The second-order valence-electron chi connectivity index (χ2n) is 0.955. The van der Waals surface area contributed by atoms with Gasteiger partial charge in [0.1, 0.15) is 0 Å². The zero-order valence-corrected chi connectivity index (χ0v) is 3.77. The van der Waals surface area contributed by atoms with E-state index in [0.717, 1.165) is 6.08 Å². The summed E-state index contributed by atoms with van der Waals surface area (Å²) in [5.41, 5.74) is 0. The van der Waals surface area contributed by atoms with E-state index < -0.39 is 6.43 Å². The van der Waals surface area contributed by atoms with Crippen LogP contribution in [0.4, 0.5) is 8.78 Å². The molecule has 7 heavy (non-hydrogen) atoms. The van der Waals surface area contributed by atoms with Crippen LogP contribution < -0.4 is 0 Å². The van der Waals surface area contributed by atoms with Crippen LogP contribution in [-0.2, 0) is 0 Å². The molecule has 0 N–H and O–H groups in total. The van der Waals surface area contributed by atoms with Crippen molar-refractivity contribution in [2.45, 2.75) is 6.43 Å². The Morgan fingerprint density at radius 3 is 2.14 bits per heavy atom. The van der Waals surface area contributed by atoms with Crippen LogP contribution in [0.5, 0.6) is 0 Å². The molecular formula is C5H6F2. The molecule has 0 heterocycles. The van der Waals surface area contributed by atoms with Crippen molar-refractivity contribution in [1.29, 1.82) is 0 Å². The van der Waals surface area contributed by atoms with Crippen LogP contribution in [0.1, 0.15) is 0 Å². The lowest BCUT2D eigenvalue weighted by molar-refractivity contribution is 0.204. The maximum atomic E-state index is 11.1. The Kier molecular flexibility index (Phi) is 3.19. The van der Waals surface area contributed by atoms with Gasteiger partial charge in [-0.05, 0) is 6.08 Å². The molecule has 0 spiro atoms. The molecule has 0 radical (unpaired) electrons. The molecule has 0 aromatic carbocycles. The van der Waals surface area contributed by atoms with Crippen molar-refractivity contribution in [3.63, 3.8) is 0 Å². The number of alkyl halides is 2. The molecule has 0 amide bonds. The second kappa shape index (κ2) is 3.53. The number of hydrogen-bond acceptors (Lipinski definition) is 0. The maximum absolute atomic E-state index is 11.1. The molecule has 0 aliphatic carbocycles. The molecule has 2 heteroatoms. The van der Waals surface area contributed by atoms with Crippen molar-refractivity contribution in [3.05, 3.63) is 24.8 Å². The van der Waals surface area contributed by atoms with E-state index in [4.69, 9.17) is 0 Å². The predicted molar refractivity (Wildman–Crippen MR) is 25.3 cm³/mol. The third kappa shape index (κ3) is 5.34. The molecule has 0 fully saturated rings. The minimum absolute atomic E-state index is 0.771. The summed E-state index contributed by atoms with van der Waals surface area (Å²) in [4.78, 5) is 0. The Morgan fingerprint density at radius 2 is 2.00 bits per heavy atom. The van der Waals surface area contributed by atoms with Gasteiger partial charge in [0, 0.05) is 0 Å². The van der Waals surface area contributed by atoms with Gasteiger partial charge in [-0.1, -0.05) is 18.7 Å². The standard InChI is InChI=1S/C5H6F2/c1-2-3-4-5(6)7/h2-5H,1H2. The molecular weight excluding hydrogens is 98.1 g/mol. The van der Waals surface area contributed by atoms with Crippen LogP contribution >= 0.6 is 0 Å². The molecule has 0 aliphatic rings. The zero-order chi connectivity index (χ0) is 5.70. The molecule has 0 aliphatic heterocycles. The maximum Gasteiger partial charge on any atom is 0.257 e. The molecule has 0 aromatic rings. The van der Waals surface area contributed by atoms with Crippen LogP contribution in [0.25, 0.3) is 0 Å². The summed E-state index contributed by atoms with van der Waals surface area (Å²) >= 11 is 0. The first-order chi connectivity index (χ1) is 3.27. The first kappa shape index (κ1) is 6.34. The van der Waals surface area contributed by atoms with Crippen LogP contribution in [0.2, 0.25) is 0 Å². The molecule has 0 rings (SSSR count). The summed E-state index contributed by atoms with van der Waals surface area (Å²) < 4.78 is 22.2. The fraction of sp³-hybridized carbons (Fsp3) is 0.200.